The SMILES string of the molecule is CN(C1CCCCCC1)C1(CN)CCC(C)(C)C1. The maximum absolute atomic E-state index is 6.19. The summed E-state index contributed by atoms with van der Waals surface area (Å²) in [4.78, 5) is 2.69. The highest BCUT2D eigenvalue weighted by Crippen LogP contribution is 2.47. The van der Waals surface area contributed by atoms with E-state index in [4.69, 9.17) is 5.73 Å². The number of likely N-dealkylation sites (N-methyl/N-ethyl adjacent to an activating group) is 1. The average molecular weight is 252 g/mol. The van der Waals surface area contributed by atoms with E-state index in [1.807, 2.05) is 0 Å². The summed E-state index contributed by atoms with van der Waals surface area (Å²) >= 11 is 0. The molecule has 0 aliphatic heterocycles. The van der Waals surface area contributed by atoms with Crippen molar-refractivity contribution in [2.75, 3.05) is 13.6 Å². The summed E-state index contributed by atoms with van der Waals surface area (Å²) in [5.74, 6) is 0. The van der Waals surface area contributed by atoms with Crippen molar-refractivity contribution in [2.24, 2.45) is 11.1 Å². The summed E-state index contributed by atoms with van der Waals surface area (Å²) in [5, 5.41) is 0. The fourth-order valence-electron chi connectivity index (χ4n) is 4.29. The molecule has 2 saturated carbocycles. The van der Waals surface area contributed by atoms with Gasteiger partial charge in [0.1, 0.15) is 0 Å². The molecule has 0 heterocycles. The Morgan fingerprint density at radius 3 is 2.11 bits per heavy atom. The lowest BCUT2D eigenvalue weighted by Gasteiger charge is -2.44. The molecule has 1 atom stereocenters. The fourth-order valence-corrected chi connectivity index (χ4v) is 4.29. The largest absolute Gasteiger partial charge is 0.329 e. The molecule has 18 heavy (non-hydrogen) atoms. The molecule has 0 aromatic heterocycles. The van der Waals surface area contributed by atoms with Crippen LogP contribution in [0.4, 0.5) is 0 Å². The van der Waals surface area contributed by atoms with E-state index in [1.165, 1.54) is 57.8 Å². The number of rotatable bonds is 3. The van der Waals surface area contributed by atoms with Crippen LogP contribution in [-0.4, -0.2) is 30.1 Å². The molecule has 0 saturated heterocycles. The number of hydrogen-bond acceptors (Lipinski definition) is 2. The Hall–Kier alpha value is -0.0800. The first-order valence-corrected chi connectivity index (χ1v) is 7.92. The third kappa shape index (κ3) is 2.91. The predicted molar refractivity (Wildman–Crippen MR) is 78.7 cm³/mol. The minimum Gasteiger partial charge on any atom is -0.329 e. The normalized spacial score (nSPS) is 33.8. The molecule has 2 N–H and O–H groups in total. The predicted octanol–water partition coefficient (Wildman–Crippen LogP) is 3.55. The Kier molecular flexibility index (Phi) is 4.38. The van der Waals surface area contributed by atoms with Gasteiger partial charge < -0.3 is 5.73 Å². The van der Waals surface area contributed by atoms with Crippen molar-refractivity contribution in [3.05, 3.63) is 0 Å². The molecule has 0 spiro atoms. The highest BCUT2D eigenvalue weighted by Gasteiger charge is 2.46. The third-order valence-corrected chi connectivity index (χ3v) is 5.58. The molecule has 0 bridgehead atoms. The van der Waals surface area contributed by atoms with Gasteiger partial charge in [0.15, 0.2) is 0 Å². The van der Waals surface area contributed by atoms with Gasteiger partial charge in [0.25, 0.3) is 0 Å². The molecule has 2 heteroatoms. The molecule has 0 amide bonds. The van der Waals surface area contributed by atoms with Crippen molar-refractivity contribution >= 4 is 0 Å². The van der Waals surface area contributed by atoms with E-state index in [0.29, 0.717) is 11.0 Å². The van der Waals surface area contributed by atoms with E-state index >= 15 is 0 Å². The van der Waals surface area contributed by atoms with Crippen LogP contribution in [0.15, 0.2) is 0 Å². The van der Waals surface area contributed by atoms with Gasteiger partial charge in [0, 0.05) is 18.1 Å². The third-order valence-electron chi connectivity index (χ3n) is 5.58. The summed E-state index contributed by atoms with van der Waals surface area (Å²) < 4.78 is 0. The van der Waals surface area contributed by atoms with Crippen molar-refractivity contribution in [2.45, 2.75) is 83.2 Å². The Balaban J connectivity index is 2.07. The molecular weight excluding hydrogens is 220 g/mol. The van der Waals surface area contributed by atoms with Crippen molar-refractivity contribution in [3.8, 4) is 0 Å². The van der Waals surface area contributed by atoms with Crippen LogP contribution in [0.5, 0.6) is 0 Å². The zero-order valence-corrected chi connectivity index (χ0v) is 12.7. The lowest BCUT2D eigenvalue weighted by Crippen LogP contribution is -2.54. The maximum Gasteiger partial charge on any atom is 0.0336 e. The van der Waals surface area contributed by atoms with Crippen molar-refractivity contribution < 1.29 is 0 Å². The maximum atomic E-state index is 6.19. The van der Waals surface area contributed by atoms with E-state index in [2.05, 4.69) is 25.8 Å². The summed E-state index contributed by atoms with van der Waals surface area (Å²) in [5.41, 5.74) is 6.97. The highest BCUT2D eigenvalue weighted by molar-refractivity contribution is 5.02. The van der Waals surface area contributed by atoms with Gasteiger partial charge in [-0.1, -0.05) is 39.5 Å². The van der Waals surface area contributed by atoms with Crippen LogP contribution >= 0.6 is 0 Å². The second-order valence-electron chi connectivity index (χ2n) is 7.53. The first-order chi connectivity index (χ1) is 8.49. The fraction of sp³-hybridized carbons (Fsp3) is 1.00. The second-order valence-corrected chi connectivity index (χ2v) is 7.53. The smallest absolute Gasteiger partial charge is 0.0336 e. The minimum atomic E-state index is 0.290. The second kappa shape index (κ2) is 5.50. The molecule has 2 aliphatic rings. The van der Waals surface area contributed by atoms with Crippen molar-refractivity contribution in [1.29, 1.82) is 0 Å². The van der Waals surface area contributed by atoms with Crippen molar-refractivity contribution in [3.63, 3.8) is 0 Å². The quantitative estimate of drug-likeness (QED) is 0.778. The molecule has 106 valence electrons. The number of nitrogens with zero attached hydrogens (tertiary/aromatic N) is 1. The van der Waals surface area contributed by atoms with Gasteiger partial charge in [-0.3, -0.25) is 4.90 Å². The van der Waals surface area contributed by atoms with Crippen molar-refractivity contribution in [1.82, 2.24) is 4.90 Å². The van der Waals surface area contributed by atoms with Gasteiger partial charge in [0.2, 0.25) is 0 Å². The molecule has 1 unspecified atom stereocenters. The lowest BCUT2D eigenvalue weighted by atomic mass is 9.85. The van der Waals surface area contributed by atoms with Gasteiger partial charge in [-0.2, -0.15) is 0 Å². The molecule has 2 fully saturated rings. The van der Waals surface area contributed by atoms with E-state index in [1.54, 1.807) is 0 Å². The van der Waals surface area contributed by atoms with E-state index in [0.717, 1.165) is 12.6 Å². The summed E-state index contributed by atoms with van der Waals surface area (Å²) in [7, 11) is 2.35. The van der Waals surface area contributed by atoms with Gasteiger partial charge in [-0.25, -0.2) is 0 Å². The molecular formula is C16H32N2. The monoisotopic (exact) mass is 252 g/mol. The Labute approximate surface area is 113 Å². The Morgan fingerprint density at radius 2 is 1.67 bits per heavy atom. The molecule has 2 nitrogen and oxygen atoms in total. The van der Waals surface area contributed by atoms with Crippen LogP contribution in [0.3, 0.4) is 0 Å². The minimum absolute atomic E-state index is 0.290. The van der Waals surface area contributed by atoms with Gasteiger partial charge >= 0.3 is 0 Å². The molecule has 0 aromatic carbocycles. The van der Waals surface area contributed by atoms with Crippen LogP contribution in [0.25, 0.3) is 0 Å². The van der Waals surface area contributed by atoms with Gasteiger partial charge in [-0.05, 0) is 44.6 Å². The van der Waals surface area contributed by atoms with Crippen LogP contribution in [0.2, 0.25) is 0 Å². The first-order valence-electron chi connectivity index (χ1n) is 7.92. The van der Waals surface area contributed by atoms with Crippen LogP contribution in [-0.2, 0) is 0 Å². The highest BCUT2D eigenvalue weighted by atomic mass is 15.2. The molecule has 0 aromatic rings. The van der Waals surface area contributed by atoms with E-state index in [-0.39, 0.29) is 0 Å². The van der Waals surface area contributed by atoms with E-state index in [9.17, 15) is 0 Å². The van der Waals surface area contributed by atoms with Gasteiger partial charge in [0.05, 0.1) is 0 Å². The molecule has 0 radical (unpaired) electrons. The number of hydrogen-bond donors (Lipinski definition) is 1. The zero-order valence-electron chi connectivity index (χ0n) is 12.7. The van der Waals surface area contributed by atoms with Crippen LogP contribution in [0, 0.1) is 5.41 Å². The van der Waals surface area contributed by atoms with E-state index < -0.39 is 0 Å². The number of nitrogens with two attached hydrogens (primary N) is 1. The van der Waals surface area contributed by atoms with Crippen LogP contribution in [0.1, 0.15) is 71.6 Å². The first kappa shape index (κ1) is 14.3. The average Bonchev–Trinajstić information content (AvgIpc) is 2.56. The zero-order chi connectivity index (χ0) is 13.2. The van der Waals surface area contributed by atoms with Crippen LogP contribution < -0.4 is 5.73 Å². The summed E-state index contributed by atoms with van der Waals surface area (Å²) in [6.07, 6.45) is 12.4. The van der Waals surface area contributed by atoms with Gasteiger partial charge in [-0.15, -0.1) is 0 Å². The summed E-state index contributed by atoms with van der Waals surface area (Å²) in [6, 6.07) is 0.782. The molecule has 2 aliphatic carbocycles. The Bertz CT molecular complexity index is 266. The standard InChI is InChI=1S/C16H32N2/c1-15(2)10-11-16(12-15,13-17)18(3)14-8-6-4-5-7-9-14/h14H,4-13,17H2,1-3H3. The summed E-state index contributed by atoms with van der Waals surface area (Å²) in [6.45, 7) is 5.65. The lowest BCUT2D eigenvalue weighted by molar-refractivity contribution is 0.0648. The topological polar surface area (TPSA) is 29.3 Å². The molecule has 2 rings (SSSR count). The Morgan fingerprint density at radius 1 is 1.06 bits per heavy atom.